The third-order valence-corrected chi connectivity index (χ3v) is 6.59. The lowest BCUT2D eigenvalue weighted by Crippen LogP contribution is -2.19. The number of carbonyl (C=O) groups excluding carboxylic acids is 1. The van der Waals surface area contributed by atoms with E-state index in [0.29, 0.717) is 5.75 Å². The van der Waals surface area contributed by atoms with Crippen molar-refractivity contribution >= 4 is 22.4 Å². The van der Waals surface area contributed by atoms with Gasteiger partial charge in [-0.25, -0.2) is 0 Å². The quantitative estimate of drug-likeness (QED) is 0.302. The Morgan fingerprint density at radius 2 is 1.29 bits per heavy atom. The van der Waals surface area contributed by atoms with E-state index in [1.165, 1.54) is 18.5 Å². The van der Waals surface area contributed by atoms with E-state index < -0.39 is 5.92 Å². The van der Waals surface area contributed by atoms with Crippen LogP contribution in [-0.4, -0.2) is 19.1 Å². The first kappa shape index (κ1) is 18.2. The molecule has 1 saturated heterocycles. The van der Waals surface area contributed by atoms with Crippen LogP contribution in [0.15, 0.2) is 84.9 Å². The van der Waals surface area contributed by atoms with Gasteiger partial charge in [0.1, 0.15) is 11.7 Å². The number of hydrogen-bond acceptors (Lipinski definition) is 3. The fourth-order valence-electron chi connectivity index (χ4n) is 5.16. The maximum absolute atomic E-state index is 13.5. The van der Waals surface area contributed by atoms with Gasteiger partial charge < -0.3 is 9.64 Å². The largest absolute Gasteiger partial charge is 0.425 e. The molecule has 1 aliphatic carbocycles. The van der Waals surface area contributed by atoms with Crippen molar-refractivity contribution in [3.05, 3.63) is 96.1 Å². The van der Waals surface area contributed by atoms with Crippen LogP contribution in [0.2, 0.25) is 0 Å². The fraction of sp³-hybridized carbons (Fsp3) is 0.179. The van der Waals surface area contributed by atoms with Gasteiger partial charge in [-0.15, -0.1) is 0 Å². The second-order valence-corrected chi connectivity index (χ2v) is 8.35. The molecule has 1 aliphatic heterocycles. The van der Waals surface area contributed by atoms with E-state index in [1.807, 2.05) is 54.6 Å². The monoisotopic (exact) mass is 405 g/mol. The summed E-state index contributed by atoms with van der Waals surface area (Å²) in [7, 11) is 0. The van der Waals surface area contributed by atoms with Crippen LogP contribution in [-0.2, 0) is 4.79 Å². The summed E-state index contributed by atoms with van der Waals surface area (Å²) >= 11 is 0. The van der Waals surface area contributed by atoms with Gasteiger partial charge in [0.15, 0.2) is 0 Å². The van der Waals surface area contributed by atoms with Gasteiger partial charge in [0.2, 0.25) is 0 Å². The van der Waals surface area contributed by atoms with Crippen LogP contribution in [0.3, 0.4) is 0 Å². The molecule has 0 atom stereocenters. The Hall–Kier alpha value is -3.59. The summed E-state index contributed by atoms with van der Waals surface area (Å²) in [4.78, 5) is 15.9. The molecule has 0 bridgehead atoms. The molecule has 0 aromatic heterocycles. The van der Waals surface area contributed by atoms with E-state index >= 15 is 0 Å². The molecule has 0 amide bonds. The van der Waals surface area contributed by atoms with Gasteiger partial charge in [-0.3, -0.25) is 4.79 Å². The molecule has 3 heteroatoms. The van der Waals surface area contributed by atoms with E-state index in [-0.39, 0.29) is 5.97 Å². The Labute approximate surface area is 181 Å². The molecule has 152 valence electrons. The van der Waals surface area contributed by atoms with Crippen LogP contribution in [0.5, 0.6) is 5.75 Å². The van der Waals surface area contributed by atoms with E-state index in [2.05, 4.69) is 35.2 Å². The first-order chi connectivity index (χ1) is 15.3. The minimum absolute atomic E-state index is 0.225. The molecule has 0 radical (unpaired) electrons. The van der Waals surface area contributed by atoms with Crippen LogP contribution in [0.4, 0.5) is 5.69 Å². The summed E-state index contributed by atoms with van der Waals surface area (Å²) in [6.07, 6.45) is 2.46. The maximum atomic E-state index is 13.5. The van der Waals surface area contributed by atoms with E-state index in [1.54, 1.807) is 0 Å². The molecule has 0 saturated carbocycles. The number of carbonyl (C=O) groups is 1. The van der Waals surface area contributed by atoms with Crippen molar-refractivity contribution in [3.8, 4) is 16.9 Å². The average molecular weight is 405 g/mol. The fourth-order valence-corrected chi connectivity index (χ4v) is 5.16. The Morgan fingerprint density at radius 3 is 1.97 bits per heavy atom. The summed E-state index contributed by atoms with van der Waals surface area (Å²) in [6, 6.07) is 28.6. The van der Waals surface area contributed by atoms with Crippen LogP contribution in [0, 0.1) is 0 Å². The lowest BCUT2D eigenvalue weighted by Gasteiger charge is -2.21. The third kappa shape index (κ3) is 2.92. The summed E-state index contributed by atoms with van der Waals surface area (Å²) in [6.45, 7) is 2.16. The highest BCUT2D eigenvalue weighted by molar-refractivity contribution is 6.01. The Kier molecular flexibility index (Phi) is 4.27. The minimum Gasteiger partial charge on any atom is -0.425 e. The third-order valence-electron chi connectivity index (χ3n) is 6.59. The molecule has 0 spiro atoms. The number of esters is 1. The summed E-state index contributed by atoms with van der Waals surface area (Å²) in [5.74, 6) is 0.00584. The molecular formula is C28H23NO2. The lowest BCUT2D eigenvalue weighted by molar-refractivity contribution is -0.134. The first-order valence-corrected chi connectivity index (χ1v) is 11.0. The Balaban J connectivity index is 1.40. The molecule has 2 aliphatic rings. The lowest BCUT2D eigenvalue weighted by atomic mass is 9.97. The number of ether oxygens (including phenoxy) is 1. The molecular weight excluding hydrogens is 382 g/mol. The number of rotatable bonds is 3. The molecule has 6 rings (SSSR count). The Morgan fingerprint density at radius 1 is 0.710 bits per heavy atom. The van der Waals surface area contributed by atoms with Crippen LogP contribution < -0.4 is 9.64 Å². The van der Waals surface area contributed by atoms with E-state index in [0.717, 1.165) is 46.1 Å². The second-order valence-electron chi connectivity index (χ2n) is 8.35. The maximum Gasteiger partial charge on any atom is 0.323 e. The van der Waals surface area contributed by atoms with Gasteiger partial charge in [0, 0.05) is 29.5 Å². The molecule has 3 nitrogen and oxygen atoms in total. The van der Waals surface area contributed by atoms with Crippen molar-refractivity contribution in [1.29, 1.82) is 0 Å². The highest BCUT2D eigenvalue weighted by Gasteiger charge is 2.35. The Bertz CT molecular complexity index is 1260. The summed E-state index contributed by atoms with van der Waals surface area (Å²) in [5.41, 5.74) is 5.51. The van der Waals surface area contributed by atoms with Gasteiger partial charge in [-0.2, -0.15) is 0 Å². The van der Waals surface area contributed by atoms with Crippen molar-refractivity contribution in [3.63, 3.8) is 0 Å². The molecule has 31 heavy (non-hydrogen) atoms. The number of nitrogens with zero attached hydrogens (tertiary/aromatic N) is 1. The van der Waals surface area contributed by atoms with Crippen LogP contribution in [0.25, 0.3) is 21.9 Å². The number of anilines is 1. The van der Waals surface area contributed by atoms with Gasteiger partial charge in [-0.1, -0.05) is 72.8 Å². The van der Waals surface area contributed by atoms with E-state index in [9.17, 15) is 4.79 Å². The standard InChI is InChI=1S/C28H23NO2/c30-28(27-23-13-5-1-9-19(23)20-10-2-6-14-24(20)27)31-26-16-15-25(29-17-7-8-18-29)21-11-3-4-12-22(21)26/h1-6,9-16,27H,7-8,17-18H2. The first-order valence-electron chi connectivity index (χ1n) is 11.0. The SMILES string of the molecule is O=C(Oc1ccc(N2CCCC2)c2ccccc12)C1c2ccccc2-c2ccccc21. The predicted molar refractivity (Wildman–Crippen MR) is 125 cm³/mol. The predicted octanol–water partition coefficient (Wildman–Crippen LogP) is 6.16. The van der Waals surface area contributed by atoms with Crippen molar-refractivity contribution in [2.45, 2.75) is 18.8 Å². The summed E-state index contributed by atoms with van der Waals surface area (Å²) in [5, 5.41) is 2.13. The number of fused-ring (bicyclic) bond motifs is 4. The molecule has 0 unspecified atom stereocenters. The molecule has 1 fully saturated rings. The molecule has 4 aromatic rings. The zero-order chi connectivity index (χ0) is 20.8. The number of benzene rings is 4. The second kappa shape index (κ2) is 7.28. The van der Waals surface area contributed by atoms with Gasteiger partial charge >= 0.3 is 5.97 Å². The van der Waals surface area contributed by atoms with Crippen LogP contribution >= 0.6 is 0 Å². The summed E-state index contributed by atoms with van der Waals surface area (Å²) < 4.78 is 6.09. The van der Waals surface area contributed by atoms with Crippen molar-refractivity contribution in [2.75, 3.05) is 18.0 Å². The highest BCUT2D eigenvalue weighted by Crippen LogP contribution is 2.45. The van der Waals surface area contributed by atoms with Crippen molar-refractivity contribution < 1.29 is 9.53 Å². The molecule has 4 aromatic carbocycles. The van der Waals surface area contributed by atoms with Crippen LogP contribution in [0.1, 0.15) is 29.9 Å². The highest BCUT2D eigenvalue weighted by atomic mass is 16.5. The van der Waals surface area contributed by atoms with E-state index in [4.69, 9.17) is 4.74 Å². The minimum atomic E-state index is -0.399. The van der Waals surface area contributed by atoms with Crippen molar-refractivity contribution in [1.82, 2.24) is 0 Å². The van der Waals surface area contributed by atoms with Gasteiger partial charge in [-0.05, 0) is 47.2 Å². The van der Waals surface area contributed by atoms with Gasteiger partial charge in [0.05, 0.1) is 0 Å². The normalized spacial score (nSPS) is 15.2. The van der Waals surface area contributed by atoms with Gasteiger partial charge in [0.25, 0.3) is 0 Å². The number of hydrogen-bond donors (Lipinski definition) is 0. The van der Waals surface area contributed by atoms with Crippen molar-refractivity contribution in [2.24, 2.45) is 0 Å². The molecule has 1 heterocycles. The zero-order valence-electron chi connectivity index (χ0n) is 17.3. The topological polar surface area (TPSA) is 29.5 Å². The zero-order valence-corrected chi connectivity index (χ0v) is 17.3. The average Bonchev–Trinajstić information content (AvgIpc) is 3.46. The smallest absolute Gasteiger partial charge is 0.323 e. The molecule has 0 N–H and O–H groups in total.